The fourth-order valence-corrected chi connectivity index (χ4v) is 8.39. The molecular weight excluding hydrogens is 871 g/mol. The molecule has 5 heterocycles. The van der Waals surface area contributed by atoms with Gasteiger partial charge in [-0.2, -0.15) is 28.9 Å². The number of thiophene rings is 1. The number of hydrogen-bond acceptors (Lipinski definition) is 8. The van der Waals surface area contributed by atoms with Crippen LogP contribution in [0.1, 0.15) is 35.8 Å². The molecule has 0 bridgehead atoms. The Hall–Kier alpha value is -3.78. The maximum absolute atomic E-state index is 12.9. The molecule has 1 atom stereocenters. The first-order valence-corrected chi connectivity index (χ1v) is 18.0. The zero-order valence-electron chi connectivity index (χ0n) is 26.1. The number of aromatic nitrogens is 3. The number of anilines is 1. The molecule has 252 valence electrons. The first-order valence-electron chi connectivity index (χ1n) is 15.3. The van der Waals surface area contributed by atoms with Crippen molar-refractivity contribution in [2.75, 3.05) is 50.8 Å². The van der Waals surface area contributed by atoms with Gasteiger partial charge in [0.25, 0.3) is 0 Å². The molecule has 0 saturated carbocycles. The van der Waals surface area contributed by atoms with Gasteiger partial charge in [0.15, 0.2) is 0 Å². The predicted molar refractivity (Wildman–Crippen MR) is 172 cm³/mol. The van der Waals surface area contributed by atoms with Crippen molar-refractivity contribution in [1.29, 1.82) is 0 Å². The van der Waals surface area contributed by atoms with Gasteiger partial charge >= 0.3 is 6.18 Å². The molecule has 2 aliphatic heterocycles. The van der Waals surface area contributed by atoms with Crippen LogP contribution in [-0.4, -0.2) is 101 Å². The molecule has 6 rings (SSSR count). The molecule has 2 fully saturated rings. The van der Waals surface area contributed by atoms with Crippen LogP contribution >= 0.6 is 11.3 Å². The summed E-state index contributed by atoms with van der Waals surface area (Å²) in [4.78, 5) is 14.2. The summed E-state index contributed by atoms with van der Waals surface area (Å²) in [6.07, 6.45) is 2.75. The van der Waals surface area contributed by atoms with Crippen LogP contribution in [0.5, 0.6) is 0 Å². The second-order valence-corrected chi connectivity index (χ2v) is 15.5. The molecule has 1 aromatic carbocycles. The summed E-state index contributed by atoms with van der Waals surface area (Å²) in [5.74, 6) is 0.607. The van der Waals surface area contributed by atoms with E-state index in [0.717, 1.165) is 69.0 Å². The van der Waals surface area contributed by atoms with Gasteiger partial charge in [-0.25, -0.2) is 18.4 Å². The maximum atomic E-state index is 12.9. The van der Waals surface area contributed by atoms with Gasteiger partial charge in [0.05, 0.1) is 18.1 Å². The molecule has 0 radical (unpaired) electrons. The Labute approximate surface area is 266 Å². The largest absolute Gasteiger partial charge is 0.463 e. The van der Waals surface area contributed by atoms with Crippen molar-refractivity contribution in [3.05, 3.63) is 52.8 Å². The number of sulfonamides is 1. The average Bonchev–Trinajstić information content (AvgIpc) is 3.58. The Morgan fingerprint density at radius 3 is 2.48 bits per heavy atom. The summed E-state index contributed by atoms with van der Waals surface area (Å²) in [6, 6.07) is 8.49. The Morgan fingerprint density at radius 1 is 1.09 bits per heavy atom. The minimum Gasteiger partial charge on any atom is -0.463 e. The number of nitrogens with one attached hydrogen (secondary N) is 1. The molecule has 0 amide bonds. The van der Waals surface area contributed by atoms with E-state index in [1.54, 1.807) is 10.4 Å². The number of fused-ring (bicyclic) bond motifs is 2. The number of alkyl halides is 3. The van der Waals surface area contributed by atoms with E-state index in [-0.39, 0.29) is 17.0 Å². The van der Waals surface area contributed by atoms with Gasteiger partial charge in [0.2, 0.25) is 10.0 Å². The summed E-state index contributed by atoms with van der Waals surface area (Å²) in [5, 5.41) is 5.33. The van der Waals surface area contributed by atoms with E-state index in [4.69, 9.17) is 0 Å². The molecule has 2 saturated heterocycles. The van der Waals surface area contributed by atoms with Crippen LogP contribution in [0.2, 0.25) is 0 Å². The number of halogens is 3. The van der Waals surface area contributed by atoms with Crippen LogP contribution < -0.4 is 5.32 Å². The Kier molecular flexibility index (Phi) is 9.60. The van der Waals surface area contributed by atoms with Gasteiger partial charge in [-0.05, 0) is 31.4 Å². The minimum atomic E-state index is -4.25. The van der Waals surface area contributed by atoms with E-state index >= 15 is 0 Å². The number of benzene rings is 1. The topological polar surface area (TPSA) is 86.6 Å². The van der Waals surface area contributed by atoms with Crippen molar-refractivity contribution in [2.24, 2.45) is 0 Å². The van der Waals surface area contributed by atoms with Crippen molar-refractivity contribution < 1.29 is 21.6 Å². The number of piperidine rings is 1. The quantitative estimate of drug-likeness (QED) is 0.240. The Balaban J connectivity index is 0.00000417. The van der Waals surface area contributed by atoms with Crippen LogP contribution in [0.4, 0.5) is 19.0 Å². The zero-order valence-corrected chi connectivity index (χ0v) is 30.7. The monoisotopic (exact) mass is 905 g/mol. The first-order chi connectivity index (χ1) is 21.3. The van der Waals surface area contributed by atoms with Gasteiger partial charge in [-0.1, -0.05) is 13.0 Å². The average molecular weight is 910 g/mol. The first kappa shape index (κ1) is 33.6. The number of hydrogen-bond donors (Lipinski definition) is 1. The Bertz CT molecular complexity index is 1760. The van der Waals surface area contributed by atoms with E-state index in [0.29, 0.717) is 29.1 Å². The smallest absolute Gasteiger partial charge is 0.393 e. The summed E-state index contributed by atoms with van der Waals surface area (Å²) < 4.78 is 66.2. The third kappa shape index (κ3) is 7.43. The van der Waals surface area contributed by atoms with E-state index in [9.17, 15) is 21.6 Å². The molecule has 4 aromatic rings. The van der Waals surface area contributed by atoms with Crippen LogP contribution in [0, 0.1) is 13.1 Å². The maximum Gasteiger partial charge on any atom is 0.393 e. The van der Waals surface area contributed by atoms with Crippen molar-refractivity contribution in [1.82, 2.24) is 28.6 Å². The van der Waals surface area contributed by atoms with Gasteiger partial charge in [-0.3, -0.25) is 9.80 Å². The molecule has 15 heteroatoms. The van der Waals surface area contributed by atoms with E-state index in [1.165, 1.54) is 29.1 Å². The van der Waals surface area contributed by atoms with Gasteiger partial charge in [0.1, 0.15) is 17.0 Å². The van der Waals surface area contributed by atoms with Crippen LogP contribution in [0.3, 0.4) is 0 Å². The molecule has 2 aliphatic rings. The summed E-state index contributed by atoms with van der Waals surface area (Å²) in [5.41, 5.74) is 3.70. The fourth-order valence-electron chi connectivity index (χ4n) is 6.54. The number of piperazine rings is 1. The second kappa shape index (κ2) is 13.1. The SMILES string of the molecule is Cc1c(CN2CCC(Nc3ncnc4sc(CC(F)(F)F)cc34)CC2)ccc2c1c[c-]n2CC(C)N1CCN(S(C)(=O)=O)CC1.[Cm]. The Morgan fingerprint density at radius 2 is 1.80 bits per heavy atom. The molecule has 3 aromatic heterocycles. The van der Waals surface area contributed by atoms with E-state index < -0.39 is 22.6 Å². The number of aryl methyl sites for hydroxylation is 1. The van der Waals surface area contributed by atoms with Gasteiger partial charge < -0.3 is 9.88 Å². The van der Waals surface area contributed by atoms with Crippen molar-refractivity contribution in [3.8, 4) is 0 Å². The summed E-state index contributed by atoms with van der Waals surface area (Å²) >= 11 is 1.07. The molecule has 1 N–H and O–H groups in total. The van der Waals surface area contributed by atoms with Crippen molar-refractivity contribution in [2.45, 2.75) is 64.5 Å². The molecular formula is C31H39CmF3N7O2S2-. The van der Waals surface area contributed by atoms with Crippen LogP contribution in [0.15, 0.2) is 30.6 Å². The van der Waals surface area contributed by atoms with Gasteiger partial charge in [-0.15, -0.1) is 34.7 Å². The zero-order chi connectivity index (χ0) is 31.9. The van der Waals surface area contributed by atoms with Gasteiger partial charge in [0, 0.05) is 69.3 Å². The second-order valence-electron chi connectivity index (χ2n) is 12.4. The summed E-state index contributed by atoms with van der Waals surface area (Å²) in [7, 11) is -3.15. The minimum absolute atomic E-state index is 0. The van der Waals surface area contributed by atoms with Crippen LogP contribution in [-0.2, 0) is 29.5 Å². The molecule has 0 aliphatic carbocycles. The number of nitrogens with zero attached hydrogens (tertiary/aromatic N) is 6. The number of likely N-dealkylation sites (tertiary alicyclic amines) is 1. The molecule has 46 heavy (non-hydrogen) atoms. The molecule has 0 spiro atoms. The predicted octanol–water partition coefficient (Wildman–Crippen LogP) is 4.90. The molecule has 9 nitrogen and oxygen atoms in total. The molecule has 1 unspecified atom stereocenters. The summed E-state index contributed by atoms with van der Waals surface area (Å²) in [6.45, 7) is 10.3. The van der Waals surface area contributed by atoms with E-state index in [2.05, 4.69) is 67.9 Å². The standard InChI is InChI=1S/C31H39F3N7O2S2.Cm/c1-21(39-12-14-41(15-13-39)45(3,42)43)18-40-11-8-26-22(2)23(4-5-28(26)40)19-38-9-6-24(7-10-38)37-29-27-16-25(17-31(32,33)34)44-30(27)36-20-35-29;/h4-5,8,16,20-21,24H,6-7,9-10,12-15,17-19H2,1-3H3,(H,35,36,37);/q-1;. The van der Waals surface area contributed by atoms with Crippen molar-refractivity contribution in [3.63, 3.8) is 0 Å². The normalized spacial score (nSPS) is 18.7. The van der Waals surface area contributed by atoms with Crippen molar-refractivity contribution >= 4 is 48.3 Å². The van der Waals surface area contributed by atoms with E-state index in [1.807, 2.05) is 0 Å². The fraction of sp³-hybridized carbons (Fsp3) is 0.548. The third-order valence-electron chi connectivity index (χ3n) is 9.15. The third-order valence-corrected chi connectivity index (χ3v) is 11.5. The number of rotatable bonds is 9. The van der Waals surface area contributed by atoms with Crippen LogP contribution in [0.25, 0.3) is 21.1 Å².